The molecule has 4 fully saturated rings. The molecule has 4 aliphatic rings. The first-order valence-electron chi connectivity index (χ1n) is 12.0. The Kier molecular flexibility index (Phi) is 5.92. The molecule has 0 spiro atoms. The van der Waals surface area contributed by atoms with E-state index >= 15 is 0 Å². The van der Waals surface area contributed by atoms with Crippen LogP contribution in [0.4, 0.5) is 0 Å². The predicted molar refractivity (Wildman–Crippen MR) is 125 cm³/mol. The molecule has 33 heavy (non-hydrogen) atoms. The number of benzene rings is 2. The molecule has 0 N–H and O–H groups in total. The number of carbonyl (C=O) groups is 3. The van der Waals surface area contributed by atoms with Crippen molar-refractivity contribution < 1.29 is 14.4 Å². The second-order valence-corrected chi connectivity index (χ2v) is 9.61. The summed E-state index contributed by atoms with van der Waals surface area (Å²) < 4.78 is 0. The van der Waals surface area contributed by atoms with Crippen molar-refractivity contribution >= 4 is 17.7 Å². The maximum absolute atomic E-state index is 13.7. The molecule has 3 amide bonds. The third kappa shape index (κ3) is 4.26. The second-order valence-electron chi connectivity index (χ2n) is 9.61. The van der Waals surface area contributed by atoms with E-state index in [1.54, 1.807) is 4.90 Å². The summed E-state index contributed by atoms with van der Waals surface area (Å²) in [6, 6.07) is 17.2. The van der Waals surface area contributed by atoms with Gasteiger partial charge in [-0.3, -0.25) is 14.4 Å². The van der Waals surface area contributed by atoms with E-state index < -0.39 is 6.04 Å². The zero-order chi connectivity index (χ0) is 22.9. The van der Waals surface area contributed by atoms with Crippen molar-refractivity contribution in [2.75, 3.05) is 13.1 Å². The van der Waals surface area contributed by atoms with Gasteiger partial charge in [-0.2, -0.15) is 0 Å². The highest BCUT2D eigenvalue weighted by atomic mass is 16.2. The van der Waals surface area contributed by atoms with E-state index in [9.17, 15) is 14.4 Å². The SMILES string of the molecule is Cc1ccc(CN2C(=O)CC[C@H]2C(=O)N2CC3CCCC2CN3C(=O)c2ccccc2)cc1. The summed E-state index contributed by atoms with van der Waals surface area (Å²) >= 11 is 0. The molecule has 2 unspecified atom stereocenters. The Hall–Kier alpha value is -3.15. The maximum atomic E-state index is 13.7. The number of carbonyl (C=O) groups excluding carboxylic acids is 3. The van der Waals surface area contributed by atoms with E-state index in [0.29, 0.717) is 38.0 Å². The van der Waals surface area contributed by atoms with Gasteiger partial charge in [0.1, 0.15) is 6.04 Å². The lowest BCUT2D eigenvalue weighted by atomic mass is 10.0. The van der Waals surface area contributed by atoms with Gasteiger partial charge in [-0.05, 0) is 50.3 Å². The third-order valence-electron chi connectivity index (χ3n) is 7.42. The summed E-state index contributed by atoms with van der Waals surface area (Å²) in [5.74, 6) is 0.156. The Morgan fingerprint density at radius 1 is 0.879 bits per heavy atom. The van der Waals surface area contributed by atoms with Crippen LogP contribution in [-0.4, -0.2) is 63.6 Å². The minimum Gasteiger partial charge on any atom is -0.334 e. The first-order chi connectivity index (χ1) is 16.0. The van der Waals surface area contributed by atoms with Crippen LogP contribution in [0.25, 0.3) is 0 Å². The number of aryl methyl sites for hydroxylation is 1. The lowest BCUT2D eigenvalue weighted by Gasteiger charge is -2.45. The molecule has 6 heteroatoms. The van der Waals surface area contributed by atoms with Crippen molar-refractivity contribution in [3.63, 3.8) is 0 Å². The molecule has 4 aliphatic heterocycles. The first-order valence-corrected chi connectivity index (χ1v) is 12.0. The molecule has 0 saturated carbocycles. The van der Waals surface area contributed by atoms with E-state index in [2.05, 4.69) is 0 Å². The minimum atomic E-state index is -0.406. The highest BCUT2D eigenvalue weighted by Gasteiger charge is 2.45. The summed E-state index contributed by atoms with van der Waals surface area (Å²) in [4.78, 5) is 45.3. The zero-order valence-electron chi connectivity index (χ0n) is 19.2. The van der Waals surface area contributed by atoms with E-state index in [1.807, 2.05) is 71.3 Å². The molecular weight excluding hydrogens is 414 g/mol. The minimum absolute atomic E-state index is 0.0147. The van der Waals surface area contributed by atoms with E-state index in [1.165, 1.54) is 5.56 Å². The summed E-state index contributed by atoms with van der Waals surface area (Å²) in [6.45, 7) is 3.64. The van der Waals surface area contributed by atoms with Crippen molar-refractivity contribution in [2.24, 2.45) is 0 Å². The summed E-state index contributed by atoms with van der Waals surface area (Å²) in [7, 11) is 0. The quantitative estimate of drug-likeness (QED) is 0.725. The largest absolute Gasteiger partial charge is 0.334 e. The van der Waals surface area contributed by atoms with Crippen molar-refractivity contribution in [1.29, 1.82) is 0 Å². The number of fused-ring (bicyclic) bond motifs is 4. The van der Waals surface area contributed by atoms with Gasteiger partial charge in [0.2, 0.25) is 11.8 Å². The highest BCUT2D eigenvalue weighted by Crippen LogP contribution is 2.32. The predicted octanol–water partition coefficient (Wildman–Crippen LogP) is 3.39. The molecule has 2 aromatic carbocycles. The fourth-order valence-electron chi connectivity index (χ4n) is 5.57. The van der Waals surface area contributed by atoms with Crippen LogP contribution < -0.4 is 0 Å². The fourth-order valence-corrected chi connectivity index (χ4v) is 5.57. The molecule has 3 atom stereocenters. The molecular formula is C27H31N3O3. The smallest absolute Gasteiger partial charge is 0.254 e. The van der Waals surface area contributed by atoms with E-state index in [0.717, 1.165) is 24.8 Å². The average molecular weight is 446 g/mol. The molecule has 2 bridgehead atoms. The van der Waals surface area contributed by atoms with Gasteiger partial charge in [-0.15, -0.1) is 0 Å². The van der Waals surface area contributed by atoms with Gasteiger partial charge in [0.15, 0.2) is 0 Å². The molecule has 0 aromatic heterocycles. The molecule has 2 aromatic rings. The third-order valence-corrected chi connectivity index (χ3v) is 7.42. The molecule has 0 radical (unpaired) electrons. The normalized spacial score (nSPS) is 24.8. The van der Waals surface area contributed by atoms with Gasteiger partial charge < -0.3 is 14.7 Å². The monoisotopic (exact) mass is 445 g/mol. The number of piperazine rings is 1. The molecule has 0 aliphatic carbocycles. The van der Waals surface area contributed by atoms with Gasteiger partial charge >= 0.3 is 0 Å². The summed E-state index contributed by atoms with van der Waals surface area (Å²) in [6.07, 6.45) is 3.82. The van der Waals surface area contributed by atoms with E-state index in [-0.39, 0.29) is 29.8 Å². The summed E-state index contributed by atoms with van der Waals surface area (Å²) in [5, 5.41) is 0. The Morgan fingerprint density at radius 2 is 1.55 bits per heavy atom. The molecule has 4 heterocycles. The van der Waals surface area contributed by atoms with Crippen LogP contribution in [0.1, 0.15) is 53.6 Å². The second kappa shape index (κ2) is 9.00. The fraction of sp³-hybridized carbons (Fsp3) is 0.444. The standard InChI is InChI=1S/C27H31N3O3/c1-19-10-12-20(13-11-19)16-30-24(14-15-25(30)31)27(33)29-18-22-8-5-9-23(29)17-28(22)26(32)21-6-3-2-4-7-21/h2-4,6-7,10-13,22-24H,5,8-9,14-18H2,1H3/t22?,23?,24-/m0/s1. The number of hydrogen-bond donors (Lipinski definition) is 0. The van der Waals surface area contributed by atoms with Crippen LogP contribution >= 0.6 is 0 Å². The van der Waals surface area contributed by atoms with Crippen molar-refractivity contribution in [3.8, 4) is 0 Å². The van der Waals surface area contributed by atoms with Crippen molar-refractivity contribution in [1.82, 2.24) is 14.7 Å². The van der Waals surface area contributed by atoms with Crippen LogP contribution in [0.15, 0.2) is 54.6 Å². The lowest BCUT2D eigenvalue weighted by Crippen LogP contribution is -2.62. The molecule has 6 nitrogen and oxygen atoms in total. The van der Waals surface area contributed by atoms with Crippen molar-refractivity contribution in [2.45, 2.75) is 63.7 Å². The zero-order valence-corrected chi connectivity index (χ0v) is 19.2. The highest BCUT2D eigenvalue weighted by molar-refractivity contribution is 5.95. The van der Waals surface area contributed by atoms with Crippen LogP contribution in [-0.2, 0) is 16.1 Å². The Labute approximate surface area is 195 Å². The number of nitrogens with zero attached hydrogens (tertiary/aromatic N) is 3. The number of likely N-dealkylation sites (tertiary alicyclic amines) is 1. The Balaban J connectivity index is 1.32. The molecule has 4 saturated heterocycles. The van der Waals surface area contributed by atoms with Gasteiger partial charge in [0.05, 0.1) is 0 Å². The first kappa shape index (κ1) is 21.7. The number of hydrogen-bond acceptors (Lipinski definition) is 3. The molecule has 6 rings (SSSR count). The summed E-state index contributed by atoms with van der Waals surface area (Å²) in [5.41, 5.74) is 2.92. The van der Waals surface area contributed by atoms with E-state index in [4.69, 9.17) is 0 Å². The topological polar surface area (TPSA) is 60.9 Å². The van der Waals surface area contributed by atoms with Crippen LogP contribution in [0, 0.1) is 6.92 Å². The van der Waals surface area contributed by atoms with Crippen LogP contribution in [0.3, 0.4) is 0 Å². The van der Waals surface area contributed by atoms with Gasteiger partial charge in [-0.1, -0.05) is 48.0 Å². The van der Waals surface area contributed by atoms with Crippen LogP contribution in [0.5, 0.6) is 0 Å². The van der Waals surface area contributed by atoms with Gasteiger partial charge in [0, 0.05) is 43.7 Å². The number of rotatable bonds is 4. The number of amides is 3. The maximum Gasteiger partial charge on any atom is 0.254 e. The molecule has 172 valence electrons. The van der Waals surface area contributed by atoms with Gasteiger partial charge in [0.25, 0.3) is 5.91 Å². The lowest BCUT2D eigenvalue weighted by molar-refractivity contribution is -0.145. The Morgan fingerprint density at radius 3 is 2.27 bits per heavy atom. The van der Waals surface area contributed by atoms with Crippen molar-refractivity contribution in [3.05, 3.63) is 71.3 Å². The Bertz CT molecular complexity index is 1040. The average Bonchev–Trinajstić information content (AvgIpc) is 2.99. The van der Waals surface area contributed by atoms with Crippen LogP contribution in [0.2, 0.25) is 0 Å². The van der Waals surface area contributed by atoms with Gasteiger partial charge in [-0.25, -0.2) is 0 Å².